The fourth-order valence-electron chi connectivity index (χ4n) is 2.94. The molecule has 0 aromatic heterocycles. The lowest BCUT2D eigenvalue weighted by Crippen LogP contribution is -2.52. The summed E-state index contributed by atoms with van der Waals surface area (Å²) in [7, 11) is 0. The molecule has 1 amide bonds. The van der Waals surface area contributed by atoms with Crippen LogP contribution in [0.4, 0.5) is 11.4 Å². The lowest BCUT2D eigenvalue weighted by atomic mass is 10.0. The normalized spacial score (nSPS) is 19.4. The van der Waals surface area contributed by atoms with E-state index in [9.17, 15) is 9.59 Å². The Morgan fingerprint density at radius 2 is 1.74 bits per heavy atom. The third kappa shape index (κ3) is 3.53. The van der Waals surface area contributed by atoms with Gasteiger partial charge in [0.25, 0.3) is 5.91 Å². The maximum atomic E-state index is 13.3. The predicted octanol–water partition coefficient (Wildman–Crippen LogP) is 4.84. The van der Waals surface area contributed by atoms with Crippen molar-refractivity contribution in [1.29, 1.82) is 0 Å². The quantitative estimate of drug-likeness (QED) is 0.605. The molecule has 1 N–H and O–H groups in total. The number of amides is 1. The van der Waals surface area contributed by atoms with Crippen LogP contribution in [0.5, 0.6) is 0 Å². The number of para-hydroxylation sites is 1. The molecule has 3 rings (SSSR count). The van der Waals surface area contributed by atoms with Crippen molar-refractivity contribution < 1.29 is 14.3 Å². The van der Waals surface area contributed by atoms with Crippen molar-refractivity contribution in [3.05, 3.63) is 69.2 Å². The molecule has 7 heteroatoms. The predicted molar refractivity (Wildman–Crippen MR) is 113 cm³/mol. The molecule has 0 aliphatic carbocycles. The number of carbonyl (C=O) groups is 2. The van der Waals surface area contributed by atoms with Crippen LogP contribution in [0.1, 0.15) is 13.8 Å². The number of esters is 1. The molecule has 0 unspecified atom stereocenters. The summed E-state index contributed by atoms with van der Waals surface area (Å²) in [4.78, 5) is 27.6. The monoisotopic (exact) mass is 492 g/mol. The van der Waals surface area contributed by atoms with Gasteiger partial charge in [-0.3, -0.25) is 9.69 Å². The summed E-state index contributed by atoms with van der Waals surface area (Å²) in [6.45, 7) is 3.64. The van der Waals surface area contributed by atoms with Gasteiger partial charge in [-0.25, -0.2) is 4.79 Å². The summed E-state index contributed by atoms with van der Waals surface area (Å²) in [5, 5.41) is 3.13. The number of halogens is 2. The molecule has 27 heavy (non-hydrogen) atoms. The van der Waals surface area contributed by atoms with Crippen LogP contribution < -0.4 is 10.2 Å². The molecule has 1 atom stereocenters. The van der Waals surface area contributed by atoms with Crippen molar-refractivity contribution in [3.8, 4) is 0 Å². The van der Waals surface area contributed by atoms with Gasteiger partial charge >= 0.3 is 5.97 Å². The van der Waals surface area contributed by atoms with E-state index in [4.69, 9.17) is 4.74 Å². The number of rotatable bonds is 5. The Kier molecular flexibility index (Phi) is 5.72. The van der Waals surface area contributed by atoms with Crippen molar-refractivity contribution in [2.45, 2.75) is 19.4 Å². The van der Waals surface area contributed by atoms with Gasteiger partial charge < -0.3 is 10.1 Å². The van der Waals surface area contributed by atoms with E-state index in [0.29, 0.717) is 15.9 Å². The largest absolute Gasteiger partial charge is 0.464 e. The number of benzene rings is 2. The van der Waals surface area contributed by atoms with E-state index in [1.165, 1.54) is 4.90 Å². The van der Waals surface area contributed by atoms with E-state index in [0.717, 1.165) is 10.2 Å². The molecular weight excluding hydrogens is 476 g/mol. The summed E-state index contributed by atoms with van der Waals surface area (Å²) in [6.07, 6.45) is 0. The number of ether oxygens (including phenoxy) is 1. The maximum Gasteiger partial charge on any atom is 0.337 e. The van der Waals surface area contributed by atoms with Gasteiger partial charge in [-0.1, -0.05) is 34.1 Å². The second-order valence-corrected chi connectivity index (χ2v) is 7.80. The third-order valence-electron chi connectivity index (χ3n) is 4.31. The van der Waals surface area contributed by atoms with Crippen LogP contribution >= 0.6 is 31.9 Å². The molecule has 0 fully saturated rings. The minimum atomic E-state index is -1.30. The zero-order valence-corrected chi connectivity index (χ0v) is 18.0. The first-order valence-corrected chi connectivity index (χ1v) is 9.97. The Morgan fingerprint density at radius 1 is 1.11 bits per heavy atom. The molecule has 2 aromatic rings. The smallest absolute Gasteiger partial charge is 0.337 e. The molecule has 5 nitrogen and oxygen atoms in total. The van der Waals surface area contributed by atoms with Gasteiger partial charge in [-0.15, -0.1) is 0 Å². The van der Waals surface area contributed by atoms with Crippen molar-refractivity contribution in [3.63, 3.8) is 0 Å². The molecule has 0 bridgehead atoms. The van der Waals surface area contributed by atoms with E-state index < -0.39 is 11.5 Å². The first-order valence-electron chi connectivity index (χ1n) is 8.39. The molecule has 0 spiro atoms. The van der Waals surface area contributed by atoms with Gasteiger partial charge in [0.05, 0.1) is 11.1 Å². The van der Waals surface area contributed by atoms with Gasteiger partial charge in [0, 0.05) is 15.8 Å². The fraction of sp³-hybridized carbons (Fsp3) is 0.200. The molecule has 0 radical (unpaired) electrons. The second-order valence-electron chi connectivity index (χ2n) is 6.09. The number of nitrogens with one attached hydrogen (secondary N) is 1. The molecule has 1 aliphatic rings. The van der Waals surface area contributed by atoms with Crippen LogP contribution in [0.15, 0.2) is 69.2 Å². The molecule has 0 saturated carbocycles. The lowest BCUT2D eigenvalue weighted by Gasteiger charge is -2.33. The summed E-state index contributed by atoms with van der Waals surface area (Å²) < 4.78 is 6.65. The fourth-order valence-corrected chi connectivity index (χ4v) is 3.81. The van der Waals surface area contributed by atoms with Crippen LogP contribution in [0.2, 0.25) is 0 Å². The molecule has 1 heterocycles. The average molecular weight is 494 g/mol. The van der Waals surface area contributed by atoms with Crippen LogP contribution in [0, 0.1) is 0 Å². The lowest BCUT2D eigenvalue weighted by molar-refractivity contribution is -0.147. The minimum Gasteiger partial charge on any atom is -0.464 e. The summed E-state index contributed by atoms with van der Waals surface area (Å²) in [6, 6.07) is 16.5. The van der Waals surface area contributed by atoms with Crippen molar-refractivity contribution in [2.24, 2.45) is 0 Å². The third-order valence-corrected chi connectivity index (χ3v) is 6.01. The SMILES string of the molecule is CCOC(=O)[C@]1(C)C(Br)=C(Nc2ccc(Br)cc2)C(=O)N1c1ccccc1. The summed E-state index contributed by atoms with van der Waals surface area (Å²) >= 11 is 6.88. The average Bonchev–Trinajstić information content (AvgIpc) is 2.86. The second kappa shape index (κ2) is 7.86. The first kappa shape index (κ1) is 19.6. The van der Waals surface area contributed by atoms with Gasteiger partial charge in [0.2, 0.25) is 0 Å². The van der Waals surface area contributed by atoms with E-state index in [1.807, 2.05) is 42.5 Å². The Labute approximate surface area is 174 Å². The van der Waals surface area contributed by atoms with Gasteiger partial charge in [0.1, 0.15) is 5.70 Å². The molecule has 2 aromatic carbocycles. The number of anilines is 2. The van der Waals surface area contributed by atoms with Crippen LogP contribution in [0.3, 0.4) is 0 Å². The number of nitrogens with zero attached hydrogens (tertiary/aromatic N) is 1. The van der Waals surface area contributed by atoms with E-state index in [1.54, 1.807) is 26.0 Å². The van der Waals surface area contributed by atoms with Crippen molar-refractivity contribution in [1.82, 2.24) is 0 Å². The highest BCUT2D eigenvalue weighted by molar-refractivity contribution is 9.12. The summed E-state index contributed by atoms with van der Waals surface area (Å²) in [5.41, 5.74) is 0.352. The van der Waals surface area contributed by atoms with Crippen LogP contribution in [-0.2, 0) is 14.3 Å². The number of hydrogen-bond acceptors (Lipinski definition) is 4. The van der Waals surface area contributed by atoms with Crippen molar-refractivity contribution in [2.75, 3.05) is 16.8 Å². The standard InChI is InChI=1S/C20H18Br2N2O3/c1-3-27-19(26)20(2)17(22)16(23-14-11-9-13(21)10-12-14)18(25)24(20)15-7-5-4-6-8-15/h4-12,23H,3H2,1-2H3/t20-/m0/s1. The number of carbonyl (C=O) groups excluding carboxylic acids is 2. The van der Waals surface area contributed by atoms with Crippen LogP contribution in [0.25, 0.3) is 0 Å². The van der Waals surface area contributed by atoms with E-state index in [-0.39, 0.29) is 12.5 Å². The maximum absolute atomic E-state index is 13.3. The van der Waals surface area contributed by atoms with E-state index in [2.05, 4.69) is 37.2 Å². The molecular formula is C20H18Br2N2O3. The highest BCUT2D eigenvalue weighted by Gasteiger charge is 2.54. The Morgan fingerprint density at radius 3 is 2.33 bits per heavy atom. The minimum absolute atomic E-state index is 0.223. The first-order chi connectivity index (χ1) is 12.9. The van der Waals surface area contributed by atoms with Crippen molar-refractivity contribution >= 4 is 55.1 Å². The molecule has 140 valence electrons. The van der Waals surface area contributed by atoms with Crippen LogP contribution in [-0.4, -0.2) is 24.0 Å². The Balaban J connectivity index is 2.07. The molecule has 0 saturated heterocycles. The van der Waals surface area contributed by atoms with Gasteiger partial charge in [-0.05, 0) is 66.2 Å². The molecule has 1 aliphatic heterocycles. The van der Waals surface area contributed by atoms with Gasteiger partial charge in [-0.2, -0.15) is 0 Å². The zero-order chi connectivity index (χ0) is 19.6. The highest BCUT2D eigenvalue weighted by Crippen LogP contribution is 2.43. The summed E-state index contributed by atoms with van der Waals surface area (Å²) in [5.74, 6) is -0.812. The Bertz CT molecular complexity index is 897. The van der Waals surface area contributed by atoms with E-state index >= 15 is 0 Å². The highest BCUT2D eigenvalue weighted by atomic mass is 79.9. The number of hydrogen-bond donors (Lipinski definition) is 1. The van der Waals surface area contributed by atoms with Gasteiger partial charge in [0.15, 0.2) is 5.54 Å². The Hall–Kier alpha value is -2.12. The zero-order valence-electron chi connectivity index (χ0n) is 14.8. The topological polar surface area (TPSA) is 58.6 Å².